The van der Waals surface area contributed by atoms with Crippen LogP contribution in [0, 0.1) is 12.7 Å². The highest BCUT2D eigenvalue weighted by Gasteiger charge is 2.23. The first-order valence-electron chi connectivity index (χ1n) is 6.46. The van der Waals surface area contributed by atoms with Gasteiger partial charge in [-0.3, -0.25) is 16.0 Å². The van der Waals surface area contributed by atoms with Crippen molar-refractivity contribution in [3.63, 3.8) is 0 Å². The number of nitrogens with one attached hydrogen (secondary N) is 1. The van der Waals surface area contributed by atoms with Gasteiger partial charge in [-0.2, -0.15) is 5.10 Å². The van der Waals surface area contributed by atoms with Crippen LogP contribution in [-0.4, -0.2) is 16.9 Å². The van der Waals surface area contributed by atoms with Gasteiger partial charge in [-0.25, -0.2) is 4.39 Å². The molecule has 1 aromatic carbocycles. The fourth-order valence-corrected chi connectivity index (χ4v) is 2.61. The van der Waals surface area contributed by atoms with Crippen molar-refractivity contribution < 1.29 is 9.13 Å². The van der Waals surface area contributed by atoms with Crippen LogP contribution in [0.25, 0.3) is 0 Å². The molecule has 3 N–H and O–H groups in total. The number of ether oxygens (including phenoxy) is 1. The molecule has 0 amide bonds. The van der Waals surface area contributed by atoms with Crippen molar-refractivity contribution in [3.05, 3.63) is 46.0 Å². The molecule has 0 saturated carbocycles. The summed E-state index contributed by atoms with van der Waals surface area (Å²) < 4.78 is 21.0. The fourth-order valence-electron chi connectivity index (χ4n) is 2.37. The Kier molecular flexibility index (Phi) is 4.82. The standard InChI is InChI=1S/C14H18ClFN4O/c1-8-14(15)11(20(2)19-8)7-10(18-17)13-9(16)5-4-6-12(13)21-3/h4-6,10,18H,7,17H2,1-3H3. The van der Waals surface area contributed by atoms with Gasteiger partial charge in [0.25, 0.3) is 0 Å². The molecule has 0 aliphatic rings. The number of aryl methyl sites for hydroxylation is 2. The quantitative estimate of drug-likeness (QED) is 0.656. The highest BCUT2D eigenvalue weighted by Crippen LogP contribution is 2.31. The molecule has 7 heteroatoms. The predicted molar refractivity (Wildman–Crippen MR) is 79.7 cm³/mol. The van der Waals surface area contributed by atoms with E-state index in [-0.39, 0.29) is 5.82 Å². The van der Waals surface area contributed by atoms with Crippen LogP contribution in [0.3, 0.4) is 0 Å². The molecule has 114 valence electrons. The highest BCUT2D eigenvalue weighted by atomic mass is 35.5. The smallest absolute Gasteiger partial charge is 0.131 e. The molecule has 1 heterocycles. The van der Waals surface area contributed by atoms with Gasteiger partial charge in [0.05, 0.1) is 29.6 Å². The zero-order chi connectivity index (χ0) is 15.6. The fraction of sp³-hybridized carbons (Fsp3) is 0.357. The minimum atomic E-state index is -0.478. The summed E-state index contributed by atoms with van der Waals surface area (Å²) in [5.41, 5.74) is 4.51. The first-order valence-corrected chi connectivity index (χ1v) is 6.83. The van der Waals surface area contributed by atoms with E-state index in [1.807, 2.05) is 6.92 Å². The summed E-state index contributed by atoms with van der Waals surface area (Å²) in [4.78, 5) is 0. The largest absolute Gasteiger partial charge is 0.496 e. The second-order valence-electron chi connectivity index (χ2n) is 4.75. The SMILES string of the molecule is COc1cccc(F)c1C(Cc1c(Cl)c(C)nn1C)NN. The van der Waals surface area contributed by atoms with Crippen LogP contribution in [0.1, 0.15) is 23.0 Å². The van der Waals surface area contributed by atoms with Gasteiger partial charge >= 0.3 is 0 Å². The van der Waals surface area contributed by atoms with Crippen LogP contribution in [0.5, 0.6) is 5.75 Å². The van der Waals surface area contributed by atoms with E-state index in [2.05, 4.69) is 10.5 Å². The molecule has 1 atom stereocenters. The van der Waals surface area contributed by atoms with Gasteiger partial charge in [0.1, 0.15) is 11.6 Å². The van der Waals surface area contributed by atoms with E-state index in [4.69, 9.17) is 22.2 Å². The minimum Gasteiger partial charge on any atom is -0.496 e. The third kappa shape index (κ3) is 3.02. The maximum atomic E-state index is 14.2. The average molecular weight is 313 g/mol. The van der Waals surface area contributed by atoms with E-state index in [1.165, 1.54) is 13.2 Å². The van der Waals surface area contributed by atoms with Crippen LogP contribution in [-0.2, 0) is 13.5 Å². The molecule has 5 nitrogen and oxygen atoms in total. The third-order valence-corrected chi connectivity index (χ3v) is 3.93. The number of hydrogen-bond donors (Lipinski definition) is 2. The van der Waals surface area contributed by atoms with Gasteiger partial charge in [-0.1, -0.05) is 17.7 Å². The Morgan fingerprint density at radius 1 is 1.52 bits per heavy atom. The summed E-state index contributed by atoms with van der Waals surface area (Å²) in [6.45, 7) is 1.82. The first kappa shape index (κ1) is 15.8. The molecule has 0 aliphatic heterocycles. The molecule has 1 unspecified atom stereocenters. The zero-order valence-electron chi connectivity index (χ0n) is 12.2. The Morgan fingerprint density at radius 2 is 2.24 bits per heavy atom. The van der Waals surface area contributed by atoms with Crippen LogP contribution in [0.15, 0.2) is 18.2 Å². The average Bonchev–Trinajstić information content (AvgIpc) is 2.70. The number of methoxy groups -OCH3 is 1. The van der Waals surface area contributed by atoms with Crippen LogP contribution in [0.2, 0.25) is 5.02 Å². The number of rotatable bonds is 5. The third-order valence-electron chi connectivity index (χ3n) is 3.44. The van der Waals surface area contributed by atoms with Gasteiger partial charge in [0.2, 0.25) is 0 Å². The molecular weight excluding hydrogens is 295 g/mol. The topological polar surface area (TPSA) is 65.1 Å². The number of nitrogens with two attached hydrogens (primary N) is 1. The van der Waals surface area contributed by atoms with E-state index in [0.717, 1.165) is 11.4 Å². The molecule has 0 spiro atoms. The Morgan fingerprint density at radius 3 is 2.76 bits per heavy atom. The Hall–Kier alpha value is -1.63. The van der Waals surface area contributed by atoms with E-state index >= 15 is 0 Å². The van der Waals surface area contributed by atoms with Crippen molar-refractivity contribution in [1.29, 1.82) is 0 Å². The maximum Gasteiger partial charge on any atom is 0.131 e. The van der Waals surface area contributed by atoms with Gasteiger partial charge in [0, 0.05) is 19.0 Å². The normalized spacial score (nSPS) is 12.5. The molecule has 0 radical (unpaired) electrons. The number of nitrogens with zero attached hydrogens (tertiary/aromatic N) is 2. The Labute approximate surface area is 127 Å². The van der Waals surface area contributed by atoms with Crippen LogP contribution >= 0.6 is 11.6 Å². The minimum absolute atomic E-state index is 0.373. The number of halogens is 2. The molecule has 0 aliphatic carbocycles. The molecule has 0 fully saturated rings. The molecular formula is C14H18ClFN4O. The predicted octanol–water partition coefficient (Wildman–Crippen LogP) is 2.28. The van der Waals surface area contributed by atoms with Gasteiger partial charge in [0.15, 0.2) is 0 Å². The first-order chi connectivity index (χ1) is 9.99. The lowest BCUT2D eigenvalue weighted by atomic mass is 10.0. The lowest BCUT2D eigenvalue weighted by molar-refractivity contribution is 0.389. The lowest BCUT2D eigenvalue weighted by Gasteiger charge is -2.20. The molecule has 1 aromatic heterocycles. The molecule has 0 bridgehead atoms. The van der Waals surface area contributed by atoms with E-state index in [9.17, 15) is 4.39 Å². The summed E-state index contributed by atoms with van der Waals surface area (Å²) >= 11 is 6.24. The summed E-state index contributed by atoms with van der Waals surface area (Å²) in [5.74, 6) is 5.66. The number of hydrogen-bond acceptors (Lipinski definition) is 4. The number of benzene rings is 1. The summed E-state index contributed by atoms with van der Waals surface area (Å²) in [7, 11) is 3.29. The van der Waals surface area contributed by atoms with E-state index < -0.39 is 6.04 Å². The monoisotopic (exact) mass is 312 g/mol. The molecule has 2 rings (SSSR count). The van der Waals surface area contributed by atoms with Crippen LogP contribution < -0.4 is 16.0 Å². The van der Waals surface area contributed by atoms with Crippen LogP contribution in [0.4, 0.5) is 4.39 Å². The van der Waals surface area contributed by atoms with Gasteiger partial charge < -0.3 is 4.74 Å². The summed E-state index contributed by atoms with van der Waals surface area (Å²) in [6, 6.07) is 4.18. The second-order valence-corrected chi connectivity index (χ2v) is 5.13. The van der Waals surface area contributed by atoms with E-state index in [0.29, 0.717) is 22.8 Å². The summed E-state index contributed by atoms with van der Waals surface area (Å²) in [6.07, 6.45) is 0.393. The molecule has 21 heavy (non-hydrogen) atoms. The second kappa shape index (κ2) is 6.43. The van der Waals surface area contributed by atoms with E-state index in [1.54, 1.807) is 23.9 Å². The Bertz CT molecular complexity index is 644. The zero-order valence-corrected chi connectivity index (χ0v) is 12.9. The maximum absolute atomic E-state index is 14.2. The van der Waals surface area contributed by atoms with Crippen molar-refractivity contribution in [3.8, 4) is 5.75 Å². The van der Waals surface area contributed by atoms with Gasteiger partial charge in [-0.15, -0.1) is 0 Å². The van der Waals surface area contributed by atoms with Crippen molar-refractivity contribution in [2.75, 3.05) is 7.11 Å². The van der Waals surface area contributed by atoms with Crippen molar-refractivity contribution in [2.24, 2.45) is 12.9 Å². The van der Waals surface area contributed by atoms with Crippen molar-refractivity contribution in [1.82, 2.24) is 15.2 Å². The Balaban J connectivity index is 2.41. The van der Waals surface area contributed by atoms with Crippen molar-refractivity contribution in [2.45, 2.75) is 19.4 Å². The summed E-state index contributed by atoms with van der Waals surface area (Å²) in [5, 5.41) is 4.81. The van der Waals surface area contributed by atoms with Crippen molar-refractivity contribution >= 4 is 11.6 Å². The number of hydrazine groups is 1. The molecule has 2 aromatic rings. The lowest BCUT2D eigenvalue weighted by Crippen LogP contribution is -2.31. The molecule has 0 saturated heterocycles. The number of aromatic nitrogens is 2. The van der Waals surface area contributed by atoms with Gasteiger partial charge in [-0.05, 0) is 19.1 Å². The highest BCUT2D eigenvalue weighted by molar-refractivity contribution is 6.31.